The maximum absolute atomic E-state index is 5.94. The summed E-state index contributed by atoms with van der Waals surface area (Å²) < 4.78 is 0. The van der Waals surface area contributed by atoms with Crippen molar-refractivity contribution in [3.05, 3.63) is 29.3 Å². The van der Waals surface area contributed by atoms with Crippen LogP contribution in [0.1, 0.15) is 45.7 Å². The van der Waals surface area contributed by atoms with Crippen LogP contribution >= 0.6 is 0 Å². The molecule has 0 saturated heterocycles. The van der Waals surface area contributed by atoms with Crippen LogP contribution in [0.3, 0.4) is 0 Å². The lowest BCUT2D eigenvalue weighted by atomic mass is 10.0. The summed E-state index contributed by atoms with van der Waals surface area (Å²) in [5.41, 5.74) is 9.63. The first-order chi connectivity index (χ1) is 8.92. The van der Waals surface area contributed by atoms with Crippen molar-refractivity contribution in [1.29, 1.82) is 0 Å². The van der Waals surface area contributed by atoms with Gasteiger partial charge >= 0.3 is 0 Å². The van der Waals surface area contributed by atoms with Gasteiger partial charge in [0.1, 0.15) is 0 Å². The lowest BCUT2D eigenvalue weighted by Gasteiger charge is -2.27. The highest BCUT2D eigenvalue weighted by atomic mass is 15.1. The Morgan fingerprint density at radius 3 is 2.05 bits per heavy atom. The van der Waals surface area contributed by atoms with E-state index in [-0.39, 0.29) is 0 Å². The molecular weight excluding hydrogens is 232 g/mol. The van der Waals surface area contributed by atoms with Crippen molar-refractivity contribution < 1.29 is 0 Å². The summed E-state index contributed by atoms with van der Waals surface area (Å²) in [5, 5.41) is 0. The van der Waals surface area contributed by atoms with E-state index in [0.717, 1.165) is 31.7 Å². The van der Waals surface area contributed by atoms with Gasteiger partial charge in [-0.15, -0.1) is 0 Å². The van der Waals surface area contributed by atoms with Crippen molar-refractivity contribution in [1.82, 2.24) is 4.90 Å². The second-order valence-corrected chi connectivity index (χ2v) is 6.36. The first-order valence-corrected chi connectivity index (χ1v) is 7.52. The van der Waals surface area contributed by atoms with Crippen molar-refractivity contribution >= 4 is 5.69 Å². The lowest BCUT2D eigenvalue weighted by molar-refractivity contribution is 0.211. The van der Waals surface area contributed by atoms with E-state index in [1.807, 2.05) is 6.07 Å². The van der Waals surface area contributed by atoms with E-state index in [9.17, 15) is 0 Å². The van der Waals surface area contributed by atoms with Gasteiger partial charge in [-0.1, -0.05) is 40.7 Å². The normalized spacial score (nSPS) is 11.8. The molecule has 0 amide bonds. The van der Waals surface area contributed by atoms with Gasteiger partial charge in [-0.3, -0.25) is 4.90 Å². The van der Waals surface area contributed by atoms with Crippen LogP contribution in [0.5, 0.6) is 0 Å². The van der Waals surface area contributed by atoms with Crippen LogP contribution in [-0.4, -0.2) is 18.0 Å². The zero-order valence-corrected chi connectivity index (χ0v) is 13.2. The Hall–Kier alpha value is -1.02. The molecule has 19 heavy (non-hydrogen) atoms. The molecule has 0 fully saturated rings. The monoisotopic (exact) mass is 262 g/mol. The van der Waals surface area contributed by atoms with Gasteiger partial charge in [0, 0.05) is 25.3 Å². The molecule has 108 valence electrons. The summed E-state index contributed by atoms with van der Waals surface area (Å²) in [6.07, 6.45) is 1.08. The van der Waals surface area contributed by atoms with Gasteiger partial charge in [-0.05, 0) is 41.5 Å². The highest BCUT2D eigenvalue weighted by Crippen LogP contribution is 2.18. The van der Waals surface area contributed by atoms with Crippen LogP contribution in [0.4, 0.5) is 5.69 Å². The van der Waals surface area contributed by atoms with Crippen molar-refractivity contribution in [3.8, 4) is 0 Å². The number of nitrogens with two attached hydrogens (primary N) is 1. The molecular formula is C17H30N2. The number of hydrogen-bond acceptors (Lipinski definition) is 2. The molecule has 1 rings (SSSR count). The van der Waals surface area contributed by atoms with Gasteiger partial charge in [0.2, 0.25) is 0 Å². The Labute approximate surface area is 119 Å². The third kappa shape index (κ3) is 5.65. The van der Waals surface area contributed by atoms with E-state index in [0.29, 0.717) is 11.8 Å². The van der Waals surface area contributed by atoms with E-state index in [4.69, 9.17) is 5.73 Å². The summed E-state index contributed by atoms with van der Waals surface area (Å²) in [5.74, 6) is 1.40. The van der Waals surface area contributed by atoms with Crippen molar-refractivity contribution in [2.24, 2.45) is 11.8 Å². The molecule has 0 spiro atoms. The topological polar surface area (TPSA) is 29.3 Å². The lowest BCUT2D eigenvalue weighted by Crippen LogP contribution is -2.31. The summed E-state index contributed by atoms with van der Waals surface area (Å²) in [6.45, 7) is 14.7. The van der Waals surface area contributed by atoms with Gasteiger partial charge in [-0.25, -0.2) is 0 Å². The number of hydrogen-bond donors (Lipinski definition) is 1. The third-order valence-electron chi connectivity index (χ3n) is 3.25. The van der Waals surface area contributed by atoms with Crippen molar-refractivity contribution in [2.75, 3.05) is 18.8 Å². The fourth-order valence-electron chi connectivity index (χ4n) is 2.62. The maximum Gasteiger partial charge on any atom is 0.0317 e. The average Bonchev–Trinajstić information content (AvgIpc) is 2.27. The minimum Gasteiger partial charge on any atom is -0.399 e. The Morgan fingerprint density at radius 2 is 1.58 bits per heavy atom. The summed E-state index contributed by atoms with van der Waals surface area (Å²) in [7, 11) is 0. The molecule has 2 heteroatoms. The average molecular weight is 262 g/mol. The van der Waals surface area contributed by atoms with Crippen LogP contribution in [-0.2, 0) is 13.0 Å². The molecule has 0 radical (unpaired) electrons. The smallest absolute Gasteiger partial charge is 0.0317 e. The van der Waals surface area contributed by atoms with E-state index in [1.54, 1.807) is 0 Å². The Bertz CT molecular complexity index is 373. The third-order valence-corrected chi connectivity index (χ3v) is 3.25. The highest BCUT2D eigenvalue weighted by molar-refractivity contribution is 5.44. The molecule has 0 aromatic heterocycles. The molecule has 0 unspecified atom stereocenters. The number of benzene rings is 1. The second kappa shape index (κ2) is 7.54. The van der Waals surface area contributed by atoms with Crippen LogP contribution in [0.15, 0.2) is 18.2 Å². The molecule has 2 N–H and O–H groups in total. The van der Waals surface area contributed by atoms with Crippen LogP contribution in [0.25, 0.3) is 0 Å². The Balaban J connectivity index is 2.85. The van der Waals surface area contributed by atoms with E-state index < -0.39 is 0 Å². The van der Waals surface area contributed by atoms with Gasteiger partial charge in [0.05, 0.1) is 0 Å². The first-order valence-electron chi connectivity index (χ1n) is 7.52. The van der Waals surface area contributed by atoms with Crippen LogP contribution < -0.4 is 5.73 Å². The molecule has 1 aromatic rings. The zero-order valence-electron chi connectivity index (χ0n) is 13.2. The molecule has 0 aliphatic heterocycles. The zero-order chi connectivity index (χ0) is 14.4. The highest BCUT2D eigenvalue weighted by Gasteiger charge is 2.12. The Morgan fingerprint density at radius 1 is 1.00 bits per heavy atom. The molecule has 0 aliphatic rings. The van der Waals surface area contributed by atoms with Crippen molar-refractivity contribution in [2.45, 2.75) is 47.6 Å². The summed E-state index contributed by atoms with van der Waals surface area (Å²) >= 11 is 0. The molecule has 0 atom stereocenters. The molecule has 0 aliphatic carbocycles. The van der Waals surface area contributed by atoms with Gasteiger partial charge < -0.3 is 5.73 Å². The minimum absolute atomic E-state index is 0.699. The fraction of sp³-hybridized carbons (Fsp3) is 0.647. The van der Waals surface area contributed by atoms with Gasteiger partial charge in [0.15, 0.2) is 0 Å². The van der Waals surface area contributed by atoms with E-state index >= 15 is 0 Å². The minimum atomic E-state index is 0.699. The van der Waals surface area contributed by atoms with E-state index in [2.05, 4.69) is 51.7 Å². The standard InChI is InChI=1S/C17H30N2/c1-6-15-7-8-17(18)9-16(15)12-19(10-13(2)3)11-14(4)5/h7-9,13-14H,6,10-12,18H2,1-5H3. The fourth-order valence-corrected chi connectivity index (χ4v) is 2.62. The number of rotatable bonds is 7. The van der Waals surface area contributed by atoms with Crippen LogP contribution in [0, 0.1) is 11.8 Å². The summed E-state index contributed by atoms with van der Waals surface area (Å²) in [6, 6.07) is 6.33. The number of aryl methyl sites for hydroxylation is 1. The van der Waals surface area contributed by atoms with Crippen molar-refractivity contribution in [3.63, 3.8) is 0 Å². The quantitative estimate of drug-likeness (QED) is 0.754. The molecule has 0 bridgehead atoms. The largest absolute Gasteiger partial charge is 0.399 e. The van der Waals surface area contributed by atoms with Gasteiger partial charge in [0.25, 0.3) is 0 Å². The first kappa shape index (κ1) is 16.0. The van der Waals surface area contributed by atoms with E-state index in [1.165, 1.54) is 11.1 Å². The summed E-state index contributed by atoms with van der Waals surface area (Å²) in [4.78, 5) is 2.56. The SMILES string of the molecule is CCc1ccc(N)cc1CN(CC(C)C)CC(C)C. The number of nitrogens with zero attached hydrogens (tertiary/aromatic N) is 1. The Kier molecular flexibility index (Phi) is 6.36. The predicted molar refractivity (Wildman–Crippen MR) is 85.2 cm³/mol. The second-order valence-electron chi connectivity index (χ2n) is 6.36. The molecule has 0 saturated carbocycles. The predicted octanol–water partition coefficient (Wildman–Crippen LogP) is 3.95. The van der Waals surface area contributed by atoms with Crippen LogP contribution in [0.2, 0.25) is 0 Å². The molecule has 1 aromatic carbocycles. The molecule has 2 nitrogen and oxygen atoms in total. The number of nitrogen functional groups attached to an aromatic ring is 1. The van der Waals surface area contributed by atoms with Gasteiger partial charge in [-0.2, -0.15) is 0 Å². The molecule has 0 heterocycles. The maximum atomic E-state index is 5.94. The number of anilines is 1.